The summed E-state index contributed by atoms with van der Waals surface area (Å²) in [6, 6.07) is -4.72. The Morgan fingerprint density at radius 3 is 2.15 bits per heavy atom. The minimum atomic E-state index is -1.49. The van der Waals surface area contributed by atoms with E-state index in [1.807, 2.05) is 0 Å². The van der Waals surface area contributed by atoms with E-state index >= 15 is 0 Å². The third-order valence-electron chi connectivity index (χ3n) is 5.04. The molecule has 3 atom stereocenters. The maximum Gasteiger partial charge on any atom is 0.316 e. The Labute approximate surface area is 197 Å². The second-order valence-corrected chi connectivity index (χ2v) is 8.30. The largest absolute Gasteiger partial charge is 0.394 e. The standard InChI is InChI=1S/C20H35N7O7/c1-11(2)16-19(33)27-26-18(32)12(9-14(21)29)23-20(34)24-13(10-28)17(31)22-8-6-4-3-5-7-15(30)25-16/h11-13,16,28H,3-10H2,1-2H3,(H2,21,29)(H,22,31)(H,25,30)(H,26,32)(H,27,33)(H2,23,24,34)/t12-,13-,16-/m1/s1. The molecule has 1 aliphatic heterocycles. The van der Waals surface area contributed by atoms with E-state index in [9.17, 15) is 33.9 Å². The van der Waals surface area contributed by atoms with Gasteiger partial charge in [0.25, 0.3) is 11.8 Å². The van der Waals surface area contributed by atoms with Crippen LogP contribution < -0.4 is 37.9 Å². The maximum absolute atomic E-state index is 12.5. The van der Waals surface area contributed by atoms with Crippen LogP contribution in [0, 0.1) is 5.92 Å². The molecule has 0 aliphatic carbocycles. The number of aliphatic hydroxyl groups is 1. The lowest BCUT2D eigenvalue weighted by Crippen LogP contribution is -2.60. The zero-order valence-electron chi connectivity index (χ0n) is 19.4. The van der Waals surface area contributed by atoms with Gasteiger partial charge in [0.1, 0.15) is 18.1 Å². The Hall–Kier alpha value is -3.42. The van der Waals surface area contributed by atoms with Crippen LogP contribution in [0.25, 0.3) is 0 Å². The van der Waals surface area contributed by atoms with Crippen molar-refractivity contribution in [3.8, 4) is 0 Å². The van der Waals surface area contributed by atoms with Gasteiger partial charge in [-0.25, -0.2) is 4.79 Å². The van der Waals surface area contributed by atoms with E-state index in [4.69, 9.17) is 5.73 Å². The molecule has 1 fully saturated rings. The monoisotopic (exact) mass is 485 g/mol. The summed E-state index contributed by atoms with van der Waals surface area (Å²) >= 11 is 0. The number of urea groups is 1. The highest BCUT2D eigenvalue weighted by Gasteiger charge is 2.28. The highest BCUT2D eigenvalue weighted by atomic mass is 16.3. The molecule has 0 saturated carbocycles. The smallest absolute Gasteiger partial charge is 0.316 e. The summed E-state index contributed by atoms with van der Waals surface area (Å²) < 4.78 is 0. The quantitative estimate of drug-likeness (QED) is 0.210. The fraction of sp³-hybridized carbons (Fsp3) is 0.700. The highest BCUT2D eigenvalue weighted by Crippen LogP contribution is 2.06. The number of carbonyl (C=O) groups excluding carboxylic acids is 6. The van der Waals surface area contributed by atoms with Crippen molar-refractivity contribution in [1.29, 1.82) is 0 Å². The summed E-state index contributed by atoms with van der Waals surface area (Å²) in [4.78, 5) is 73.1. The molecule has 1 saturated heterocycles. The number of hydrogen-bond acceptors (Lipinski definition) is 7. The first-order chi connectivity index (χ1) is 16.0. The highest BCUT2D eigenvalue weighted by molar-refractivity contribution is 5.94. The SMILES string of the molecule is CC(C)[C@H]1NC(=O)CCCCCCNC(=O)[C@@H](CO)NC(=O)N[C@H](CC(N)=O)C(=O)NNC1=O. The van der Waals surface area contributed by atoms with Gasteiger partial charge in [0, 0.05) is 13.0 Å². The first-order valence-electron chi connectivity index (χ1n) is 11.2. The summed E-state index contributed by atoms with van der Waals surface area (Å²) in [6.45, 7) is 3.04. The first kappa shape index (κ1) is 28.6. The van der Waals surface area contributed by atoms with Gasteiger partial charge in [0.2, 0.25) is 17.7 Å². The lowest BCUT2D eigenvalue weighted by Gasteiger charge is -2.24. The van der Waals surface area contributed by atoms with Gasteiger partial charge in [0.05, 0.1) is 13.0 Å². The van der Waals surface area contributed by atoms with E-state index < -0.39 is 60.8 Å². The van der Waals surface area contributed by atoms with Gasteiger partial charge >= 0.3 is 6.03 Å². The minimum Gasteiger partial charge on any atom is -0.394 e. The minimum absolute atomic E-state index is 0.207. The van der Waals surface area contributed by atoms with Gasteiger partial charge in [0.15, 0.2) is 0 Å². The normalized spacial score (nSPS) is 24.6. The van der Waals surface area contributed by atoms with Crippen molar-refractivity contribution in [2.45, 2.75) is 70.5 Å². The summed E-state index contributed by atoms with van der Waals surface area (Å²) in [5, 5.41) is 19.1. The van der Waals surface area contributed by atoms with Crippen molar-refractivity contribution < 1.29 is 33.9 Å². The number of primary amides is 1. The van der Waals surface area contributed by atoms with Gasteiger partial charge in [-0.05, 0) is 18.8 Å². The van der Waals surface area contributed by atoms with Gasteiger partial charge < -0.3 is 32.1 Å². The van der Waals surface area contributed by atoms with Crippen LogP contribution in [0.15, 0.2) is 0 Å². The number of rotatable bonds is 4. The second-order valence-electron chi connectivity index (χ2n) is 8.30. The Bertz CT molecular complexity index is 760. The fourth-order valence-corrected chi connectivity index (χ4v) is 3.13. The molecule has 0 radical (unpaired) electrons. The van der Waals surface area contributed by atoms with E-state index in [2.05, 4.69) is 32.1 Å². The number of aliphatic hydroxyl groups excluding tert-OH is 1. The number of nitrogens with one attached hydrogen (secondary N) is 6. The number of carbonyl (C=O) groups is 6. The molecule has 0 unspecified atom stereocenters. The van der Waals surface area contributed by atoms with Crippen molar-refractivity contribution in [2.24, 2.45) is 11.7 Å². The van der Waals surface area contributed by atoms with Gasteiger partial charge in [-0.3, -0.25) is 34.8 Å². The van der Waals surface area contributed by atoms with Gasteiger partial charge in [-0.15, -0.1) is 0 Å². The summed E-state index contributed by atoms with van der Waals surface area (Å²) in [6.07, 6.45) is 2.27. The number of hydrazine groups is 1. The molecule has 1 heterocycles. The Kier molecular flexibility index (Phi) is 12.3. The van der Waals surface area contributed by atoms with Crippen LogP contribution in [0.3, 0.4) is 0 Å². The van der Waals surface area contributed by atoms with Crippen molar-refractivity contribution in [1.82, 2.24) is 32.1 Å². The predicted molar refractivity (Wildman–Crippen MR) is 119 cm³/mol. The van der Waals surface area contributed by atoms with Crippen molar-refractivity contribution in [2.75, 3.05) is 13.2 Å². The van der Waals surface area contributed by atoms with Crippen molar-refractivity contribution in [3.05, 3.63) is 0 Å². The second kappa shape index (κ2) is 14.7. The molecule has 0 aromatic heterocycles. The van der Waals surface area contributed by atoms with E-state index in [-0.39, 0.29) is 18.2 Å². The molecule has 34 heavy (non-hydrogen) atoms. The fourth-order valence-electron chi connectivity index (χ4n) is 3.13. The molecule has 1 rings (SSSR count). The van der Waals surface area contributed by atoms with Crippen LogP contribution in [-0.2, 0) is 24.0 Å². The number of nitrogens with two attached hydrogens (primary N) is 1. The van der Waals surface area contributed by atoms with Crippen LogP contribution in [0.1, 0.15) is 52.4 Å². The molecule has 0 aromatic rings. The molecule has 9 N–H and O–H groups in total. The Morgan fingerprint density at radius 2 is 1.53 bits per heavy atom. The molecule has 14 nitrogen and oxygen atoms in total. The van der Waals surface area contributed by atoms with E-state index in [0.29, 0.717) is 19.4 Å². The molecule has 0 spiro atoms. The third-order valence-corrected chi connectivity index (χ3v) is 5.04. The zero-order chi connectivity index (χ0) is 25.7. The Morgan fingerprint density at radius 1 is 0.912 bits per heavy atom. The van der Waals surface area contributed by atoms with Crippen molar-refractivity contribution in [3.63, 3.8) is 0 Å². The predicted octanol–water partition coefficient (Wildman–Crippen LogP) is -2.74. The number of amides is 7. The summed E-state index contributed by atoms with van der Waals surface area (Å²) in [5.74, 6) is -3.80. The molecular weight excluding hydrogens is 450 g/mol. The summed E-state index contributed by atoms with van der Waals surface area (Å²) in [7, 11) is 0. The average molecular weight is 486 g/mol. The molecular formula is C20H35N7O7. The van der Waals surface area contributed by atoms with Crippen LogP contribution >= 0.6 is 0 Å². The lowest BCUT2D eigenvalue weighted by molar-refractivity contribution is -0.134. The Balaban J connectivity index is 3.00. The molecule has 0 aromatic carbocycles. The molecule has 7 amide bonds. The van der Waals surface area contributed by atoms with Gasteiger partial charge in [-0.1, -0.05) is 26.7 Å². The topological polar surface area (TPSA) is 221 Å². The number of hydrogen-bond donors (Lipinski definition) is 8. The molecule has 192 valence electrons. The summed E-state index contributed by atoms with van der Waals surface area (Å²) in [5.41, 5.74) is 9.41. The van der Waals surface area contributed by atoms with Crippen LogP contribution in [0.2, 0.25) is 0 Å². The van der Waals surface area contributed by atoms with E-state index in [1.54, 1.807) is 13.8 Å². The molecule has 14 heteroatoms. The average Bonchev–Trinajstić information content (AvgIpc) is 2.76. The molecule has 0 bridgehead atoms. The van der Waals surface area contributed by atoms with Crippen LogP contribution in [-0.4, -0.2) is 72.0 Å². The van der Waals surface area contributed by atoms with Crippen LogP contribution in [0.4, 0.5) is 4.79 Å². The van der Waals surface area contributed by atoms with Crippen molar-refractivity contribution >= 4 is 35.6 Å². The van der Waals surface area contributed by atoms with E-state index in [0.717, 1.165) is 12.8 Å². The first-order valence-corrected chi connectivity index (χ1v) is 11.2. The van der Waals surface area contributed by atoms with Crippen LogP contribution in [0.5, 0.6) is 0 Å². The zero-order valence-corrected chi connectivity index (χ0v) is 19.4. The lowest BCUT2D eigenvalue weighted by atomic mass is 10.0. The maximum atomic E-state index is 12.5. The van der Waals surface area contributed by atoms with Gasteiger partial charge in [-0.2, -0.15) is 0 Å². The molecule has 1 aliphatic rings. The third kappa shape index (κ3) is 10.5. The van der Waals surface area contributed by atoms with E-state index in [1.165, 1.54) is 0 Å².